The molecule has 0 unspecified atom stereocenters. The fourth-order valence-corrected chi connectivity index (χ4v) is 8.81. The first-order chi connectivity index (χ1) is 19.9. The molecule has 0 radical (unpaired) electrons. The maximum atomic E-state index is 4.70. The summed E-state index contributed by atoms with van der Waals surface area (Å²) in [5, 5.41) is 5.40. The lowest BCUT2D eigenvalue weighted by Gasteiger charge is -2.32. The van der Waals surface area contributed by atoms with Gasteiger partial charge in [-0.3, -0.25) is 9.97 Å². The average molecular weight is 500 g/mol. The Morgan fingerprint density at radius 1 is 0.400 bits per heavy atom. The van der Waals surface area contributed by atoms with E-state index >= 15 is 0 Å². The standard InChI is InChI=1S/C36H18B2N2/c1-5-19-7-3-11-27-29(19)21(9-1)31-33-23-17-39-15-13-25(23)38-28-12-4-8-20-6-2-10-22(30(20)28)32(36(33)38)34-24-18-40-16-14-26(24)37(27)35(31)34/h1-18H. The van der Waals surface area contributed by atoms with E-state index in [-0.39, 0.29) is 13.4 Å². The molecule has 4 heteroatoms. The third-order valence-electron chi connectivity index (χ3n) is 10.1. The van der Waals surface area contributed by atoms with Crippen LogP contribution >= 0.6 is 0 Å². The van der Waals surface area contributed by atoms with E-state index < -0.39 is 0 Å². The first-order valence-corrected chi connectivity index (χ1v) is 14.1. The van der Waals surface area contributed by atoms with Crippen molar-refractivity contribution in [3.63, 3.8) is 0 Å². The van der Waals surface area contributed by atoms with Gasteiger partial charge in [-0.1, -0.05) is 106 Å². The molecule has 0 amide bonds. The molecule has 0 spiro atoms. The molecule has 0 saturated carbocycles. The summed E-state index contributed by atoms with van der Waals surface area (Å²) in [5.74, 6) is 0. The molecule has 178 valence electrons. The molecule has 5 aromatic carbocycles. The maximum Gasteiger partial charge on any atom is 0.244 e. The number of aromatic nitrogens is 2. The number of hydrogen-bond donors (Lipinski definition) is 0. The van der Waals surface area contributed by atoms with E-state index in [1.807, 2.05) is 12.4 Å². The number of benzene rings is 5. The van der Waals surface area contributed by atoms with Crippen LogP contribution in [0.15, 0.2) is 110 Å². The number of rotatable bonds is 0. The lowest BCUT2D eigenvalue weighted by atomic mass is 9.33. The van der Waals surface area contributed by atoms with Gasteiger partial charge in [-0.2, -0.15) is 0 Å². The number of fused-ring (bicyclic) bond motifs is 12. The van der Waals surface area contributed by atoms with E-state index in [4.69, 9.17) is 9.97 Å². The van der Waals surface area contributed by atoms with Crippen LogP contribution in [-0.4, -0.2) is 23.4 Å². The molecule has 40 heavy (non-hydrogen) atoms. The van der Waals surface area contributed by atoms with Crippen molar-refractivity contribution in [3.05, 3.63) is 110 Å². The van der Waals surface area contributed by atoms with Gasteiger partial charge in [0.25, 0.3) is 0 Å². The van der Waals surface area contributed by atoms with Crippen LogP contribution in [0.3, 0.4) is 0 Å². The van der Waals surface area contributed by atoms with E-state index in [1.165, 1.54) is 98.8 Å². The molecule has 6 heterocycles. The van der Waals surface area contributed by atoms with Gasteiger partial charge in [-0.15, -0.1) is 0 Å². The molecule has 7 aromatic rings. The van der Waals surface area contributed by atoms with E-state index in [0.29, 0.717) is 0 Å². The molecule has 0 aliphatic carbocycles. The lowest BCUT2D eigenvalue weighted by Crippen LogP contribution is -2.54. The van der Waals surface area contributed by atoms with Crippen LogP contribution in [0.5, 0.6) is 0 Å². The van der Waals surface area contributed by atoms with Crippen molar-refractivity contribution in [2.45, 2.75) is 0 Å². The van der Waals surface area contributed by atoms with E-state index in [2.05, 4.69) is 97.3 Å². The predicted molar refractivity (Wildman–Crippen MR) is 168 cm³/mol. The van der Waals surface area contributed by atoms with Crippen molar-refractivity contribution < 1.29 is 0 Å². The Morgan fingerprint density at radius 2 is 0.825 bits per heavy atom. The summed E-state index contributed by atoms with van der Waals surface area (Å²) in [6.45, 7) is 0.386. The molecule has 0 N–H and O–H groups in total. The predicted octanol–water partition coefficient (Wildman–Crippen LogP) is 3.74. The molecule has 4 aliphatic rings. The highest BCUT2D eigenvalue weighted by molar-refractivity contribution is 7.05. The molecule has 11 rings (SSSR count). The zero-order chi connectivity index (χ0) is 25.7. The molecule has 2 aromatic heterocycles. The number of hydrogen-bond acceptors (Lipinski definition) is 2. The Kier molecular flexibility index (Phi) is 3.31. The summed E-state index contributed by atoms with van der Waals surface area (Å²) in [7, 11) is 0. The van der Waals surface area contributed by atoms with Crippen LogP contribution in [0, 0.1) is 0 Å². The van der Waals surface area contributed by atoms with Crippen molar-refractivity contribution in [2.24, 2.45) is 0 Å². The van der Waals surface area contributed by atoms with Gasteiger partial charge in [-0.25, -0.2) is 0 Å². The van der Waals surface area contributed by atoms with Crippen molar-refractivity contribution in [1.82, 2.24) is 9.97 Å². The Hall–Kier alpha value is -4.95. The largest absolute Gasteiger partial charge is 0.264 e. The Morgan fingerprint density at radius 3 is 1.30 bits per heavy atom. The molecule has 0 atom stereocenters. The third kappa shape index (κ3) is 2.04. The van der Waals surface area contributed by atoms with Gasteiger partial charge in [-0.05, 0) is 78.2 Å². The second-order valence-electron chi connectivity index (χ2n) is 11.6. The van der Waals surface area contributed by atoms with Crippen LogP contribution in [0.2, 0.25) is 0 Å². The molecular formula is C36H18B2N2. The average Bonchev–Trinajstić information content (AvgIpc) is 3.53. The molecule has 2 nitrogen and oxygen atoms in total. The highest BCUT2D eigenvalue weighted by Gasteiger charge is 2.49. The first-order valence-electron chi connectivity index (χ1n) is 14.1. The molecule has 0 fully saturated rings. The molecule has 0 saturated heterocycles. The minimum atomic E-state index is 0.193. The third-order valence-corrected chi connectivity index (χ3v) is 10.1. The van der Waals surface area contributed by atoms with Crippen molar-refractivity contribution in [1.29, 1.82) is 0 Å². The Bertz CT molecular complexity index is 2180. The van der Waals surface area contributed by atoms with Gasteiger partial charge in [0.1, 0.15) is 0 Å². The second kappa shape index (κ2) is 6.60. The Balaban J connectivity index is 1.47. The second-order valence-corrected chi connectivity index (χ2v) is 11.6. The maximum absolute atomic E-state index is 4.70. The van der Waals surface area contributed by atoms with Crippen LogP contribution in [-0.2, 0) is 0 Å². The van der Waals surface area contributed by atoms with Gasteiger partial charge in [0.2, 0.25) is 13.4 Å². The SMILES string of the molecule is c1cc2c3c(cccc3c1)-c1c3c(c4c5c1-c1cnccc1B5c1cccc5cccc-4c15)-c1cnccc1B32. The van der Waals surface area contributed by atoms with E-state index in [9.17, 15) is 0 Å². The lowest BCUT2D eigenvalue weighted by molar-refractivity contribution is 1.34. The van der Waals surface area contributed by atoms with Crippen molar-refractivity contribution in [2.75, 3.05) is 0 Å². The van der Waals surface area contributed by atoms with Crippen molar-refractivity contribution >= 4 is 67.7 Å². The Labute approximate surface area is 231 Å². The minimum absolute atomic E-state index is 0.193. The monoisotopic (exact) mass is 500 g/mol. The summed E-state index contributed by atoms with van der Waals surface area (Å²) >= 11 is 0. The summed E-state index contributed by atoms with van der Waals surface area (Å²) in [4.78, 5) is 9.40. The van der Waals surface area contributed by atoms with Gasteiger partial charge < -0.3 is 0 Å². The van der Waals surface area contributed by atoms with E-state index in [1.54, 1.807) is 0 Å². The summed E-state index contributed by atoms with van der Waals surface area (Å²) < 4.78 is 0. The minimum Gasteiger partial charge on any atom is -0.264 e. The van der Waals surface area contributed by atoms with Crippen molar-refractivity contribution in [3.8, 4) is 44.5 Å². The summed E-state index contributed by atoms with van der Waals surface area (Å²) in [6.07, 6.45) is 8.19. The fraction of sp³-hybridized carbons (Fsp3) is 0. The molecule has 0 bridgehead atoms. The van der Waals surface area contributed by atoms with Gasteiger partial charge >= 0.3 is 0 Å². The van der Waals surface area contributed by atoms with E-state index in [0.717, 1.165) is 0 Å². The van der Waals surface area contributed by atoms with Gasteiger partial charge in [0.05, 0.1) is 0 Å². The normalized spacial score (nSPS) is 13.9. The van der Waals surface area contributed by atoms with Crippen LogP contribution < -0.4 is 32.8 Å². The molecular weight excluding hydrogens is 482 g/mol. The summed E-state index contributed by atoms with van der Waals surface area (Å²) in [6, 6.07) is 31.9. The van der Waals surface area contributed by atoms with Gasteiger partial charge in [0.15, 0.2) is 0 Å². The first kappa shape index (κ1) is 20.0. The number of nitrogens with zero attached hydrogens (tertiary/aromatic N) is 2. The zero-order valence-corrected chi connectivity index (χ0v) is 21.4. The summed E-state index contributed by atoms with van der Waals surface area (Å²) in [5.41, 5.74) is 19.4. The highest BCUT2D eigenvalue weighted by Crippen LogP contribution is 2.48. The van der Waals surface area contributed by atoms with Crippen LogP contribution in [0.4, 0.5) is 0 Å². The smallest absolute Gasteiger partial charge is 0.244 e. The number of pyridine rings is 2. The topological polar surface area (TPSA) is 25.8 Å². The zero-order valence-electron chi connectivity index (χ0n) is 21.4. The van der Waals surface area contributed by atoms with Crippen LogP contribution in [0.25, 0.3) is 66.1 Å². The van der Waals surface area contributed by atoms with Crippen LogP contribution in [0.1, 0.15) is 0 Å². The van der Waals surface area contributed by atoms with Gasteiger partial charge in [0, 0.05) is 24.8 Å². The molecule has 4 aliphatic heterocycles. The highest BCUT2D eigenvalue weighted by atomic mass is 14.6. The fourth-order valence-electron chi connectivity index (χ4n) is 8.81. The quantitative estimate of drug-likeness (QED) is 0.297.